The molecule has 1 unspecified atom stereocenters. The molecule has 1 amide bonds. The van der Waals surface area contributed by atoms with E-state index in [1.807, 2.05) is 0 Å². The van der Waals surface area contributed by atoms with Gasteiger partial charge in [0.05, 0.1) is 11.9 Å². The zero-order valence-corrected chi connectivity index (χ0v) is 12.3. The summed E-state index contributed by atoms with van der Waals surface area (Å²) < 4.78 is 5.34. The molecule has 7 nitrogen and oxygen atoms in total. The van der Waals surface area contributed by atoms with E-state index in [1.54, 1.807) is 6.92 Å². The molecule has 1 aliphatic rings. The third kappa shape index (κ3) is 2.93. The van der Waals surface area contributed by atoms with Gasteiger partial charge >= 0.3 is 0 Å². The molecule has 1 fully saturated rings. The maximum atomic E-state index is 12.2. The summed E-state index contributed by atoms with van der Waals surface area (Å²) in [6, 6.07) is -0.0335. The highest BCUT2D eigenvalue weighted by Gasteiger charge is 2.29. The van der Waals surface area contributed by atoms with E-state index in [1.165, 1.54) is 6.33 Å². The first kappa shape index (κ1) is 15.5. The van der Waals surface area contributed by atoms with Gasteiger partial charge in [-0.1, -0.05) is 0 Å². The molecule has 8 heteroatoms. The van der Waals surface area contributed by atoms with E-state index < -0.39 is 0 Å². The van der Waals surface area contributed by atoms with Crippen LogP contribution >= 0.6 is 12.4 Å². The third-order valence-electron chi connectivity index (χ3n) is 3.62. The molecule has 2 heterocycles. The Morgan fingerprint density at radius 2 is 2.33 bits per heavy atom. The van der Waals surface area contributed by atoms with Crippen LogP contribution in [-0.4, -0.2) is 28.5 Å². The lowest BCUT2D eigenvalue weighted by Crippen LogP contribution is -2.38. The molecule has 1 aliphatic carbocycles. The highest BCUT2D eigenvalue weighted by molar-refractivity contribution is 6.06. The quantitative estimate of drug-likeness (QED) is 0.769. The Morgan fingerprint density at radius 3 is 3.00 bits per heavy atom. The number of rotatable bonds is 4. The van der Waals surface area contributed by atoms with Crippen LogP contribution in [0.5, 0.6) is 0 Å². The standard InChI is InChI=1S/C13H16N4O3.ClH/c1-6-9(10-12(19)16-5-17-13(10)20-6)11(18)15-4-8(14)7-2-3-7;/h5,7-8H,2-4,14H2,1H3,(H,15,18)(H,16,17,19);1H. The summed E-state index contributed by atoms with van der Waals surface area (Å²) in [5, 5.41) is 2.94. The van der Waals surface area contributed by atoms with Crippen LogP contribution in [0.3, 0.4) is 0 Å². The van der Waals surface area contributed by atoms with Gasteiger partial charge in [0.1, 0.15) is 11.1 Å². The number of hydrogen-bond donors (Lipinski definition) is 3. The summed E-state index contributed by atoms with van der Waals surface area (Å²) in [5.74, 6) is 0.528. The normalized spacial score (nSPS) is 15.5. The maximum Gasteiger partial charge on any atom is 0.262 e. The molecule has 1 saturated carbocycles. The van der Waals surface area contributed by atoms with E-state index in [4.69, 9.17) is 10.2 Å². The minimum atomic E-state index is -0.386. The van der Waals surface area contributed by atoms with Gasteiger partial charge in [-0.3, -0.25) is 9.59 Å². The van der Waals surface area contributed by atoms with Gasteiger partial charge in [-0.15, -0.1) is 12.4 Å². The van der Waals surface area contributed by atoms with Gasteiger partial charge < -0.3 is 20.5 Å². The van der Waals surface area contributed by atoms with Gasteiger partial charge in [0.15, 0.2) is 0 Å². The molecule has 21 heavy (non-hydrogen) atoms. The highest BCUT2D eigenvalue weighted by Crippen LogP contribution is 2.31. The Kier molecular flexibility index (Phi) is 4.34. The summed E-state index contributed by atoms with van der Waals surface area (Å²) in [6.07, 6.45) is 3.49. The molecule has 2 aromatic heterocycles. The molecule has 1 atom stereocenters. The number of hydrogen-bond acceptors (Lipinski definition) is 5. The van der Waals surface area contributed by atoms with Crippen molar-refractivity contribution >= 4 is 29.4 Å². The molecular formula is C13H17ClN4O3. The van der Waals surface area contributed by atoms with Crippen LogP contribution in [0.2, 0.25) is 0 Å². The number of nitrogens with zero attached hydrogens (tertiary/aromatic N) is 1. The Labute approximate surface area is 126 Å². The van der Waals surface area contributed by atoms with Crippen LogP contribution in [0.15, 0.2) is 15.5 Å². The van der Waals surface area contributed by atoms with Gasteiger partial charge in [-0.25, -0.2) is 4.98 Å². The molecule has 0 saturated heterocycles. The van der Waals surface area contributed by atoms with Gasteiger partial charge in [0, 0.05) is 12.6 Å². The average molecular weight is 313 g/mol. The van der Waals surface area contributed by atoms with Crippen LogP contribution in [-0.2, 0) is 0 Å². The number of aromatic amines is 1. The lowest BCUT2D eigenvalue weighted by molar-refractivity contribution is 0.0950. The molecule has 0 aromatic carbocycles. The first-order valence-corrected chi connectivity index (χ1v) is 6.58. The van der Waals surface area contributed by atoms with Crippen molar-refractivity contribution in [2.75, 3.05) is 6.54 Å². The number of nitrogens with one attached hydrogen (secondary N) is 2. The van der Waals surface area contributed by atoms with Crippen LogP contribution in [0.1, 0.15) is 29.0 Å². The molecule has 0 radical (unpaired) electrons. The van der Waals surface area contributed by atoms with Crippen LogP contribution in [0, 0.1) is 12.8 Å². The SMILES string of the molecule is Cc1oc2nc[nH]c(=O)c2c1C(=O)NCC(N)C1CC1.Cl. The molecule has 4 N–H and O–H groups in total. The van der Waals surface area contributed by atoms with Crippen molar-refractivity contribution in [1.29, 1.82) is 0 Å². The average Bonchev–Trinajstić information content (AvgIpc) is 3.19. The molecular weight excluding hydrogens is 296 g/mol. The van der Waals surface area contributed by atoms with E-state index in [2.05, 4.69) is 15.3 Å². The third-order valence-corrected chi connectivity index (χ3v) is 3.62. The maximum absolute atomic E-state index is 12.2. The molecule has 0 aliphatic heterocycles. The monoisotopic (exact) mass is 312 g/mol. The van der Waals surface area contributed by atoms with E-state index in [0.717, 1.165) is 12.8 Å². The second kappa shape index (κ2) is 5.87. The first-order chi connectivity index (χ1) is 9.58. The Hall–Kier alpha value is -1.86. The van der Waals surface area contributed by atoms with Crippen molar-refractivity contribution in [3.63, 3.8) is 0 Å². The molecule has 3 rings (SSSR count). The fourth-order valence-electron chi connectivity index (χ4n) is 2.32. The van der Waals surface area contributed by atoms with Crippen LogP contribution < -0.4 is 16.6 Å². The van der Waals surface area contributed by atoms with Gasteiger partial charge in [-0.2, -0.15) is 0 Å². The smallest absolute Gasteiger partial charge is 0.262 e. The van der Waals surface area contributed by atoms with Crippen molar-refractivity contribution in [1.82, 2.24) is 15.3 Å². The number of carbonyl (C=O) groups excluding carboxylic acids is 1. The number of aryl methyl sites for hydroxylation is 1. The minimum absolute atomic E-state index is 0. The summed E-state index contributed by atoms with van der Waals surface area (Å²) >= 11 is 0. The Balaban J connectivity index is 0.00000161. The van der Waals surface area contributed by atoms with Crippen molar-refractivity contribution in [3.05, 3.63) is 28.0 Å². The largest absolute Gasteiger partial charge is 0.442 e. The van der Waals surface area contributed by atoms with Crippen LogP contribution in [0.4, 0.5) is 0 Å². The number of furan rings is 1. The second-order valence-corrected chi connectivity index (χ2v) is 5.16. The van der Waals surface area contributed by atoms with E-state index in [-0.39, 0.29) is 46.6 Å². The van der Waals surface area contributed by atoms with Crippen molar-refractivity contribution in [2.45, 2.75) is 25.8 Å². The lowest BCUT2D eigenvalue weighted by atomic mass is 10.1. The zero-order valence-electron chi connectivity index (χ0n) is 11.5. The summed E-state index contributed by atoms with van der Waals surface area (Å²) in [6.45, 7) is 2.03. The number of amides is 1. The number of fused-ring (bicyclic) bond motifs is 1. The number of halogens is 1. The zero-order chi connectivity index (χ0) is 14.3. The van der Waals surface area contributed by atoms with Crippen LogP contribution in [0.25, 0.3) is 11.1 Å². The molecule has 0 spiro atoms. The number of carbonyl (C=O) groups is 1. The summed E-state index contributed by atoms with van der Waals surface area (Å²) in [5.41, 5.74) is 5.96. The van der Waals surface area contributed by atoms with Gasteiger partial charge in [0.2, 0.25) is 5.71 Å². The van der Waals surface area contributed by atoms with Gasteiger partial charge in [0.25, 0.3) is 11.5 Å². The van der Waals surface area contributed by atoms with Crippen molar-refractivity contribution < 1.29 is 9.21 Å². The molecule has 2 aromatic rings. The fourth-order valence-corrected chi connectivity index (χ4v) is 2.32. The number of aromatic nitrogens is 2. The van der Waals surface area contributed by atoms with Gasteiger partial charge in [-0.05, 0) is 25.7 Å². The Morgan fingerprint density at radius 1 is 1.62 bits per heavy atom. The summed E-state index contributed by atoms with van der Waals surface area (Å²) in [4.78, 5) is 30.4. The van der Waals surface area contributed by atoms with E-state index >= 15 is 0 Å². The Bertz CT molecular complexity index is 720. The van der Waals surface area contributed by atoms with E-state index in [0.29, 0.717) is 18.2 Å². The number of H-pyrrole nitrogens is 1. The fraction of sp³-hybridized carbons (Fsp3) is 0.462. The van der Waals surface area contributed by atoms with Crippen molar-refractivity contribution in [2.24, 2.45) is 11.7 Å². The highest BCUT2D eigenvalue weighted by atomic mass is 35.5. The number of nitrogens with two attached hydrogens (primary N) is 1. The summed E-state index contributed by atoms with van der Waals surface area (Å²) in [7, 11) is 0. The predicted molar refractivity (Wildman–Crippen MR) is 79.6 cm³/mol. The predicted octanol–water partition coefficient (Wildman–Crippen LogP) is 0.713. The second-order valence-electron chi connectivity index (χ2n) is 5.16. The lowest BCUT2D eigenvalue weighted by Gasteiger charge is -2.11. The molecule has 0 bridgehead atoms. The van der Waals surface area contributed by atoms with Crippen molar-refractivity contribution in [3.8, 4) is 0 Å². The molecule has 114 valence electrons. The first-order valence-electron chi connectivity index (χ1n) is 6.58. The van der Waals surface area contributed by atoms with E-state index in [9.17, 15) is 9.59 Å². The topological polar surface area (TPSA) is 114 Å². The minimum Gasteiger partial charge on any atom is -0.442 e.